The summed E-state index contributed by atoms with van der Waals surface area (Å²) in [5.74, 6) is -4.60. The number of fused-ring (bicyclic) bond motifs is 1. The number of nitrogens with one attached hydrogen (secondary N) is 6. The number of anilines is 1. The number of benzene rings is 3. The number of aryl methyl sites for hydroxylation is 1. The van der Waals surface area contributed by atoms with E-state index in [1.54, 1.807) is 53.2 Å². The van der Waals surface area contributed by atoms with Gasteiger partial charge in [0.1, 0.15) is 24.2 Å². The van der Waals surface area contributed by atoms with E-state index in [1.807, 2.05) is 61.5 Å². The minimum Gasteiger partial charge on any atom is -0.391 e. The maximum Gasteiger partial charge on any atom is 0.399 e. The van der Waals surface area contributed by atoms with Crippen molar-refractivity contribution in [2.75, 3.05) is 25.0 Å². The number of alkyl halides is 3. The van der Waals surface area contributed by atoms with E-state index in [9.17, 15) is 71.0 Å². The van der Waals surface area contributed by atoms with Gasteiger partial charge in [-0.2, -0.15) is 8.78 Å². The SMILES string of the molecule is Cc1ncsc1-c1ccc([C@H](CC(=O)NCCCCCCCCCC(=O)N[C@@H]2C[C@@H](C(=O)Nc3ncc(-c4ccccc4)s3)N(C(=O)[C@@H](NC(=O)c3cc4cc(C(F)(F)P(=O)(O)O)ccc4s3)C(C)(C)C)C2)NC(=O)[C@@H]2C[C@@H](O)CN2C(=O)[C@@H](NC(=O)C2(F)CC2)C(C)(C)C)cc1. The van der Waals surface area contributed by atoms with Crippen LogP contribution < -0.4 is 31.9 Å². The lowest BCUT2D eigenvalue weighted by atomic mass is 9.85. The number of aromatic nitrogens is 2. The number of nitrogens with zero attached hydrogens (tertiary/aromatic N) is 4. The van der Waals surface area contributed by atoms with Crippen LogP contribution in [0.2, 0.25) is 0 Å². The highest BCUT2D eigenvalue weighted by atomic mass is 32.1. The van der Waals surface area contributed by atoms with Crippen LogP contribution in [0.4, 0.5) is 18.3 Å². The molecule has 522 valence electrons. The molecule has 0 unspecified atom stereocenters. The lowest BCUT2D eigenvalue weighted by Gasteiger charge is -2.36. The third-order valence-corrected chi connectivity index (χ3v) is 21.7. The molecule has 0 spiro atoms. The van der Waals surface area contributed by atoms with Crippen molar-refractivity contribution in [3.63, 3.8) is 0 Å². The van der Waals surface area contributed by atoms with E-state index in [0.29, 0.717) is 29.6 Å². The number of β-amino-alcohol motifs (C(OH)–C–C–N with tert-alkyl or cyclic N) is 1. The van der Waals surface area contributed by atoms with Gasteiger partial charge in [0.15, 0.2) is 10.8 Å². The van der Waals surface area contributed by atoms with Crippen molar-refractivity contribution < 1.29 is 71.0 Å². The molecule has 1 aliphatic carbocycles. The van der Waals surface area contributed by atoms with Crippen LogP contribution in [0.1, 0.15) is 158 Å². The fourth-order valence-corrected chi connectivity index (χ4v) is 15.0. The summed E-state index contributed by atoms with van der Waals surface area (Å²) < 4.78 is 56.1. The maximum absolute atomic E-state index is 14.9. The molecular formula is C68H84F3N10O12PS3. The molecule has 5 heterocycles. The van der Waals surface area contributed by atoms with E-state index in [1.165, 1.54) is 44.6 Å². The smallest absolute Gasteiger partial charge is 0.391 e. The minimum atomic E-state index is -5.88. The van der Waals surface area contributed by atoms with Crippen LogP contribution in [-0.4, -0.2) is 144 Å². The molecule has 3 fully saturated rings. The molecule has 6 aromatic rings. The highest BCUT2D eigenvalue weighted by Crippen LogP contribution is 2.59. The third-order valence-electron chi connectivity index (χ3n) is 17.7. The highest BCUT2D eigenvalue weighted by molar-refractivity contribution is 7.52. The number of carbonyl (C=O) groups is 8. The van der Waals surface area contributed by atoms with Gasteiger partial charge in [0, 0.05) is 55.0 Å². The van der Waals surface area contributed by atoms with Gasteiger partial charge >= 0.3 is 13.3 Å². The summed E-state index contributed by atoms with van der Waals surface area (Å²) in [7, 11) is -5.88. The van der Waals surface area contributed by atoms with Crippen molar-refractivity contribution in [2.45, 2.75) is 186 Å². The van der Waals surface area contributed by atoms with Gasteiger partial charge in [-0.05, 0) is 90.1 Å². The quantitative estimate of drug-likeness (QED) is 0.0163. The fraction of sp³-hybridized carbons (Fsp3) is 0.500. The van der Waals surface area contributed by atoms with Gasteiger partial charge in [-0.25, -0.2) is 14.4 Å². The first-order valence-corrected chi connectivity index (χ1v) is 36.6. The Morgan fingerprint density at radius 3 is 1.98 bits per heavy atom. The minimum absolute atomic E-state index is 0.0302. The van der Waals surface area contributed by atoms with Crippen LogP contribution in [0.5, 0.6) is 0 Å². The van der Waals surface area contributed by atoms with Crippen LogP contribution in [0.25, 0.3) is 31.0 Å². The second-order valence-corrected chi connectivity index (χ2v) is 32.1. The third kappa shape index (κ3) is 18.5. The van der Waals surface area contributed by atoms with E-state index in [2.05, 4.69) is 41.9 Å². The lowest BCUT2D eigenvalue weighted by Crippen LogP contribution is -2.59. The lowest BCUT2D eigenvalue weighted by molar-refractivity contribution is -0.145. The second-order valence-electron chi connectivity index (χ2n) is 27.5. The Labute approximate surface area is 572 Å². The number of aliphatic hydroxyl groups is 1. The number of halogens is 3. The van der Waals surface area contributed by atoms with Crippen LogP contribution in [-0.2, 0) is 43.8 Å². The van der Waals surface area contributed by atoms with Crippen molar-refractivity contribution in [3.05, 3.63) is 112 Å². The Kier molecular flexibility index (Phi) is 23.4. The summed E-state index contributed by atoms with van der Waals surface area (Å²) in [6.07, 6.45) is 6.02. The number of aliphatic hydroxyl groups excluding tert-OH is 1. The summed E-state index contributed by atoms with van der Waals surface area (Å²) in [5, 5.41) is 28.5. The summed E-state index contributed by atoms with van der Waals surface area (Å²) >= 11 is 3.65. The number of likely N-dealkylation sites (tertiary alicyclic amines) is 2. The Morgan fingerprint density at radius 2 is 1.35 bits per heavy atom. The molecule has 1 saturated carbocycles. The van der Waals surface area contributed by atoms with Crippen LogP contribution in [0.3, 0.4) is 0 Å². The standard InChI is InChI=1S/C68H84F3N10O12PS3/c1-39-55(95-38-74-39)42-23-21-40(22-24-42)47(76-58(85)49-33-46(82)37-81(49)62(89)57(66(5,6)7)78-63(90)67(69)27-28-67)34-54(84)72-29-17-12-10-8-9-11-16-20-53(83)75-45-32-48(59(86)79-64-73-35-52(97-64)41-18-14-13-15-19-41)80(36-45)61(88)56(65(2,3)4)77-60(87)51-31-43-30-44(25-26-50(43)96-51)68(70,71)94(91,92)93/h13-15,18-19,21-26,30-31,35,38,45-49,56-57,82H,8-12,16-17,20,27-29,32-34,36-37H2,1-7H3,(H,72,84)(H,75,83)(H,76,85)(H,77,87)(H,78,90)(H,73,79,86)(H2,91,92,93)/t45-,46-,47+,48+,49+,56-,57-/m1/s1. The predicted molar refractivity (Wildman–Crippen MR) is 365 cm³/mol. The first-order chi connectivity index (χ1) is 45.7. The summed E-state index contributed by atoms with van der Waals surface area (Å²) in [6, 6.07) is 15.0. The Balaban J connectivity index is 0.756. The molecule has 8 amide bonds. The molecule has 9 rings (SSSR count). The summed E-state index contributed by atoms with van der Waals surface area (Å²) in [6.45, 7) is 12.4. The molecule has 2 aliphatic heterocycles. The van der Waals surface area contributed by atoms with Crippen molar-refractivity contribution in [2.24, 2.45) is 10.8 Å². The van der Waals surface area contributed by atoms with Gasteiger partial charge in [-0.1, -0.05) is 146 Å². The molecule has 22 nitrogen and oxygen atoms in total. The van der Waals surface area contributed by atoms with E-state index in [4.69, 9.17) is 0 Å². The largest absolute Gasteiger partial charge is 0.399 e. The Bertz CT molecular complexity index is 3900. The van der Waals surface area contributed by atoms with E-state index in [0.717, 1.165) is 82.1 Å². The number of thiazole rings is 2. The molecule has 97 heavy (non-hydrogen) atoms. The second kappa shape index (κ2) is 30.8. The number of rotatable bonds is 28. The zero-order chi connectivity index (χ0) is 70.4. The fourth-order valence-electron chi connectivity index (χ4n) is 12.0. The van der Waals surface area contributed by atoms with Gasteiger partial charge in [0.25, 0.3) is 11.8 Å². The van der Waals surface area contributed by atoms with Crippen LogP contribution in [0.15, 0.2) is 90.6 Å². The van der Waals surface area contributed by atoms with Gasteiger partial charge < -0.3 is 56.6 Å². The predicted octanol–water partition coefficient (Wildman–Crippen LogP) is 10.0. The maximum atomic E-state index is 14.9. The molecule has 29 heteroatoms. The molecule has 0 radical (unpaired) electrons. The van der Waals surface area contributed by atoms with E-state index < -0.39 is 113 Å². The molecule has 3 aromatic carbocycles. The number of hydrogen-bond acceptors (Lipinski definition) is 15. The van der Waals surface area contributed by atoms with E-state index >= 15 is 0 Å². The van der Waals surface area contributed by atoms with Crippen LogP contribution >= 0.6 is 41.6 Å². The molecule has 0 bridgehead atoms. The Hall–Kier alpha value is -7.46. The summed E-state index contributed by atoms with van der Waals surface area (Å²) in [4.78, 5) is 143. The number of unbranched alkanes of at least 4 members (excludes halogenated alkanes) is 6. The van der Waals surface area contributed by atoms with E-state index in [-0.39, 0.29) is 78.8 Å². The highest BCUT2D eigenvalue weighted by Gasteiger charge is 2.54. The zero-order valence-corrected chi connectivity index (χ0v) is 58.5. The van der Waals surface area contributed by atoms with Crippen molar-refractivity contribution >= 4 is 104 Å². The van der Waals surface area contributed by atoms with Gasteiger partial charge in [-0.3, -0.25) is 42.9 Å². The number of thiophene rings is 1. The first kappa shape index (κ1) is 73.8. The van der Waals surface area contributed by atoms with Crippen LogP contribution in [0, 0.1) is 17.8 Å². The average molecular weight is 1420 g/mol. The van der Waals surface area contributed by atoms with Gasteiger partial charge in [-0.15, -0.1) is 22.7 Å². The van der Waals surface area contributed by atoms with Crippen molar-refractivity contribution in [1.82, 2.24) is 46.4 Å². The monoisotopic (exact) mass is 1420 g/mol. The average Bonchev–Trinajstić information content (AvgIpc) is 1.74. The first-order valence-electron chi connectivity index (χ1n) is 32.5. The number of amides is 8. The molecule has 2 saturated heterocycles. The normalized spacial score (nSPS) is 18.8. The molecular weight excluding hydrogens is 1330 g/mol. The summed E-state index contributed by atoms with van der Waals surface area (Å²) in [5.41, 5.74) is -4.25. The zero-order valence-electron chi connectivity index (χ0n) is 55.1. The molecule has 3 aromatic heterocycles. The molecule has 9 N–H and O–H groups in total. The van der Waals surface area contributed by atoms with Crippen molar-refractivity contribution in [3.8, 4) is 20.9 Å². The Morgan fingerprint density at radius 1 is 0.722 bits per heavy atom. The van der Waals surface area contributed by atoms with Gasteiger partial charge in [0.05, 0.1) is 44.4 Å². The number of carbonyl (C=O) groups excluding carboxylic acids is 8. The van der Waals surface area contributed by atoms with Crippen molar-refractivity contribution in [1.29, 1.82) is 0 Å². The number of hydrogen-bond donors (Lipinski definition) is 9. The molecule has 3 aliphatic rings. The topological polar surface area (TPSA) is 319 Å². The van der Waals surface area contributed by atoms with Gasteiger partial charge in [0.2, 0.25) is 35.4 Å². The molecule has 7 atom stereocenters.